The molecule has 1 unspecified atom stereocenters. The number of anilines is 1. The third-order valence-corrected chi connectivity index (χ3v) is 6.02. The predicted molar refractivity (Wildman–Crippen MR) is 101 cm³/mol. The molecule has 0 saturated heterocycles. The topological polar surface area (TPSA) is 118 Å². The summed E-state index contributed by atoms with van der Waals surface area (Å²) in [6, 6.07) is 6.67. The van der Waals surface area contributed by atoms with E-state index in [1.54, 1.807) is 26.0 Å². The summed E-state index contributed by atoms with van der Waals surface area (Å²) in [7, 11) is -4.36. The number of aliphatic carboxylic acids is 1. The Hall–Kier alpha value is -2.94. The molecule has 27 heavy (non-hydrogen) atoms. The lowest BCUT2D eigenvalue weighted by molar-refractivity contribution is -0.385. The molecular formula is C18H20N2O6S. The lowest BCUT2D eigenvalue weighted by atomic mass is 10.0. The lowest BCUT2D eigenvalue weighted by Gasteiger charge is -2.31. The largest absolute Gasteiger partial charge is 0.480 e. The van der Waals surface area contributed by atoms with Gasteiger partial charge in [0.1, 0.15) is 6.04 Å². The molecule has 0 spiro atoms. The van der Waals surface area contributed by atoms with Gasteiger partial charge in [-0.2, -0.15) is 0 Å². The Bertz CT molecular complexity index is 993. The molecule has 0 saturated carbocycles. The number of non-ortho nitro benzene ring substituents is 1. The van der Waals surface area contributed by atoms with Crippen molar-refractivity contribution in [2.24, 2.45) is 0 Å². The fraction of sp³-hybridized carbons (Fsp3) is 0.278. The fourth-order valence-electron chi connectivity index (χ4n) is 3.01. The lowest BCUT2D eigenvalue weighted by Crippen LogP contribution is -2.44. The number of nitro groups is 1. The van der Waals surface area contributed by atoms with Gasteiger partial charge in [0.15, 0.2) is 0 Å². The summed E-state index contributed by atoms with van der Waals surface area (Å²) in [6.45, 7) is 6.50. The molecule has 9 heteroatoms. The highest BCUT2D eigenvalue weighted by Gasteiger charge is 2.35. The molecular weight excluding hydrogens is 372 g/mol. The van der Waals surface area contributed by atoms with Crippen LogP contribution < -0.4 is 4.31 Å². The van der Waals surface area contributed by atoms with Crippen LogP contribution in [0.5, 0.6) is 0 Å². The second-order valence-corrected chi connectivity index (χ2v) is 8.13. The first-order valence-electron chi connectivity index (χ1n) is 8.06. The van der Waals surface area contributed by atoms with Gasteiger partial charge in [-0.1, -0.05) is 23.8 Å². The van der Waals surface area contributed by atoms with Crippen molar-refractivity contribution in [3.05, 3.63) is 63.2 Å². The zero-order valence-electron chi connectivity index (χ0n) is 15.3. The number of carbonyl (C=O) groups is 1. The minimum Gasteiger partial charge on any atom is -0.480 e. The van der Waals surface area contributed by atoms with Crippen LogP contribution in [0.15, 0.2) is 41.3 Å². The first kappa shape index (κ1) is 20.4. The average Bonchev–Trinajstić information content (AvgIpc) is 2.57. The number of nitrogens with zero attached hydrogens (tertiary/aromatic N) is 2. The van der Waals surface area contributed by atoms with E-state index in [4.69, 9.17) is 0 Å². The molecule has 0 amide bonds. The third kappa shape index (κ3) is 3.92. The number of carboxylic acid groups (broad SMARTS) is 1. The molecule has 0 radical (unpaired) electrons. The van der Waals surface area contributed by atoms with Crippen LogP contribution in [0.2, 0.25) is 0 Å². The number of nitro benzene ring substituents is 1. The second-order valence-electron chi connectivity index (χ2n) is 6.32. The SMILES string of the molecule is Cc1cc(C)c(N(C(C)C(=O)O)S(=O)(=O)c2cccc([N+](=O)[O-])c2)c(C)c1. The minimum absolute atomic E-state index is 0.252. The van der Waals surface area contributed by atoms with E-state index < -0.39 is 32.6 Å². The van der Waals surface area contributed by atoms with Crippen LogP contribution in [-0.4, -0.2) is 30.5 Å². The monoisotopic (exact) mass is 392 g/mol. The minimum atomic E-state index is -4.36. The van der Waals surface area contributed by atoms with E-state index in [-0.39, 0.29) is 10.6 Å². The van der Waals surface area contributed by atoms with E-state index in [0.29, 0.717) is 11.1 Å². The number of rotatable bonds is 6. The molecule has 0 aromatic heterocycles. The van der Waals surface area contributed by atoms with E-state index in [1.807, 2.05) is 6.92 Å². The molecule has 0 bridgehead atoms. The van der Waals surface area contributed by atoms with Crippen LogP contribution in [-0.2, 0) is 14.8 Å². The van der Waals surface area contributed by atoms with Gasteiger partial charge in [0.2, 0.25) is 0 Å². The quantitative estimate of drug-likeness (QED) is 0.596. The summed E-state index contributed by atoms with van der Waals surface area (Å²) in [5, 5.41) is 20.5. The third-order valence-electron chi connectivity index (χ3n) is 4.15. The summed E-state index contributed by atoms with van der Waals surface area (Å²) in [4.78, 5) is 21.6. The van der Waals surface area contributed by atoms with Gasteiger partial charge in [0, 0.05) is 12.1 Å². The Kier molecular flexibility index (Phi) is 5.55. The molecule has 2 rings (SSSR count). The summed E-state index contributed by atoms with van der Waals surface area (Å²) in [6.07, 6.45) is 0. The van der Waals surface area contributed by atoms with Crippen molar-refractivity contribution in [3.8, 4) is 0 Å². The summed E-state index contributed by atoms with van der Waals surface area (Å²) in [5.41, 5.74) is 1.95. The Labute approximate surface area is 157 Å². The molecule has 0 aliphatic rings. The van der Waals surface area contributed by atoms with Crippen molar-refractivity contribution in [3.63, 3.8) is 0 Å². The van der Waals surface area contributed by atoms with Gasteiger partial charge >= 0.3 is 5.97 Å². The number of carboxylic acids is 1. The Balaban J connectivity index is 2.77. The van der Waals surface area contributed by atoms with Gasteiger partial charge < -0.3 is 5.11 Å². The van der Waals surface area contributed by atoms with Gasteiger partial charge in [0.05, 0.1) is 15.5 Å². The standard InChI is InChI=1S/C18H20N2O6S/c1-11-8-12(2)17(13(3)9-11)19(14(4)18(21)22)27(25,26)16-7-5-6-15(10-16)20(23)24/h5-10,14H,1-4H3,(H,21,22). The van der Waals surface area contributed by atoms with Gasteiger partial charge in [-0.15, -0.1) is 0 Å². The van der Waals surface area contributed by atoms with Crippen LogP contribution in [0, 0.1) is 30.9 Å². The van der Waals surface area contributed by atoms with E-state index in [1.165, 1.54) is 25.1 Å². The smallest absolute Gasteiger partial charge is 0.327 e. The van der Waals surface area contributed by atoms with Crippen molar-refractivity contribution in [2.75, 3.05) is 4.31 Å². The van der Waals surface area contributed by atoms with Crippen molar-refractivity contribution in [1.82, 2.24) is 0 Å². The van der Waals surface area contributed by atoms with E-state index >= 15 is 0 Å². The van der Waals surface area contributed by atoms with Crippen molar-refractivity contribution < 1.29 is 23.2 Å². The second kappa shape index (κ2) is 7.36. The average molecular weight is 392 g/mol. The highest BCUT2D eigenvalue weighted by atomic mass is 32.2. The highest BCUT2D eigenvalue weighted by Crippen LogP contribution is 2.33. The number of aryl methyl sites for hydroxylation is 3. The Morgan fingerprint density at radius 3 is 2.19 bits per heavy atom. The van der Waals surface area contributed by atoms with Crippen molar-refractivity contribution in [1.29, 1.82) is 0 Å². The molecule has 0 heterocycles. The Morgan fingerprint density at radius 1 is 1.15 bits per heavy atom. The molecule has 144 valence electrons. The molecule has 1 N–H and O–H groups in total. The van der Waals surface area contributed by atoms with Crippen molar-refractivity contribution in [2.45, 2.75) is 38.6 Å². The van der Waals surface area contributed by atoms with Gasteiger partial charge in [-0.25, -0.2) is 13.2 Å². The predicted octanol–water partition coefficient (Wildman–Crippen LogP) is 3.19. The van der Waals surface area contributed by atoms with E-state index in [9.17, 15) is 28.4 Å². The summed E-state index contributed by atoms with van der Waals surface area (Å²) >= 11 is 0. The zero-order chi connectivity index (χ0) is 20.5. The zero-order valence-corrected chi connectivity index (χ0v) is 16.1. The number of hydrogen-bond acceptors (Lipinski definition) is 5. The Morgan fingerprint density at radius 2 is 1.70 bits per heavy atom. The first-order valence-corrected chi connectivity index (χ1v) is 9.50. The number of sulfonamides is 1. The maximum Gasteiger partial charge on any atom is 0.327 e. The fourth-order valence-corrected chi connectivity index (χ4v) is 4.80. The number of benzene rings is 2. The molecule has 0 aliphatic heterocycles. The van der Waals surface area contributed by atoms with E-state index in [2.05, 4.69) is 0 Å². The maximum absolute atomic E-state index is 13.3. The van der Waals surface area contributed by atoms with Crippen molar-refractivity contribution >= 4 is 27.4 Å². The van der Waals surface area contributed by atoms with Gasteiger partial charge in [-0.05, 0) is 44.9 Å². The molecule has 2 aromatic carbocycles. The highest BCUT2D eigenvalue weighted by molar-refractivity contribution is 7.93. The summed E-state index contributed by atoms with van der Waals surface area (Å²) < 4.78 is 27.4. The van der Waals surface area contributed by atoms with Gasteiger partial charge in [0.25, 0.3) is 15.7 Å². The normalized spacial score (nSPS) is 12.4. The van der Waals surface area contributed by atoms with Crippen LogP contribution in [0.3, 0.4) is 0 Å². The molecule has 8 nitrogen and oxygen atoms in total. The number of hydrogen-bond donors (Lipinski definition) is 1. The molecule has 1 atom stereocenters. The molecule has 2 aromatic rings. The summed E-state index contributed by atoms with van der Waals surface area (Å²) in [5.74, 6) is -1.33. The van der Waals surface area contributed by atoms with Gasteiger partial charge in [-0.3, -0.25) is 14.4 Å². The maximum atomic E-state index is 13.3. The molecule has 0 fully saturated rings. The van der Waals surface area contributed by atoms with Crippen LogP contribution in [0.4, 0.5) is 11.4 Å². The van der Waals surface area contributed by atoms with Crippen LogP contribution >= 0.6 is 0 Å². The van der Waals surface area contributed by atoms with E-state index in [0.717, 1.165) is 15.9 Å². The molecule has 0 aliphatic carbocycles. The van der Waals surface area contributed by atoms with Crippen LogP contribution in [0.1, 0.15) is 23.6 Å². The van der Waals surface area contributed by atoms with Crippen LogP contribution in [0.25, 0.3) is 0 Å². The first-order chi connectivity index (χ1) is 12.5.